The van der Waals surface area contributed by atoms with Crippen LogP contribution in [0.4, 0.5) is 13.2 Å². The van der Waals surface area contributed by atoms with Crippen LogP contribution < -0.4 is 5.32 Å². The van der Waals surface area contributed by atoms with E-state index in [0.29, 0.717) is 18.3 Å². The molecule has 0 saturated carbocycles. The van der Waals surface area contributed by atoms with Crippen LogP contribution in [0.25, 0.3) is 11.1 Å². The van der Waals surface area contributed by atoms with Crippen LogP contribution in [0.3, 0.4) is 0 Å². The van der Waals surface area contributed by atoms with Gasteiger partial charge in [0, 0.05) is 25.7 Å². The molecule has 0 radical (unpaired) electrons. The summed E-state index contributed by atoms with van der Waals surface area (Å²) < 4.78 is 42.8. The third-order valence-corrected chi connectivity index (χ3v) is 5.39. The van der Waals surface area contributed by atoms with Crippen molar-refractivity contribution >= 4 is 5.97 Å². The Hall–Kier alpha value is -2.80. The lowest BCUT2D eigenvalue weighted by Crippen LogP contribution is -2.42. The zero-order valence-electron chi connectivity index (χ0n) is 16.8. The number of halogens is 3. The highest BCUT2D eigenvalue weighted by molar-refractivity contribution is 5.86. The molecule has 1 heterocycles. The number of ether oxygens (including phenoxy) is 1. The maximum Gasteiger partial charge on any atom is 0.416 e. The molecule has 2 aromatic rings. The van der Waals surface area contributed by atoms with Crippen molar-refractivity contribution in [1.29, 1.82) is 0 Å². The monoisotopic (exact) mass is 418 g/mol. The maximum absolute atomic E-state index is 12.7. The third-order valence-electron chi connectivity index (χ3n) is 5.39. The largest absolute Gasteiger partial charge is 0.464 e. The number of nitrogens with one attached hydrogen (secondary N) is 1. The molecule has 1 aliphatic rings. The smallest absolute Gasteiger partial charge is 0.416 e. The van der Waals surface area contributed by atoms with Gasteiger partial charge in [0.15, 0.2) is 0 Å². The predicted octanol–water partition coefficient (Wildman–Crippen LogP) is 4.61. The van der Waals surface area contributed by atoms with Gasteiger partial charge in [-0.2, -0.15) is 13.2 Å². The molecule has 0 spiro atoms. The number of rotatable bonds is 6. The number of esters is 1. The Morgan fingerprint density at radius 3 is 2.10 bits per heavy atom. The van der Waals surface area contributed by atoms with E-state index in [1.165, 1.54) is 19.2 Å². The number of benzene rings is 2. The van der Waals surface area contributed by atoms with Gasteiger partial charge in [0.05, 0.1) is 12.7 Å². The molecule has 160 valence electrons. The molecular weight excluding hydrogens is 393 g/mol. The summed E-state index contributed by atoms with van der Waals surface area (Å²) in [6.45, 7) is 5.99. The van der Waals surface area contributed by atoms with Crippen molar-refractivity contribution < 1.29 is 22.7 Å². The van der Waals surface area contributed by atoms with Crippen LogP contribution in [0.2, 0.25) is 0 Å². The van der Waals surface area contributed by atoms with Crippen LogP contribution in [0.15, 0.2) is 60.8 Å². The fraction of sp³-hybridized carbons (Fsp3) is 0.348. The fourth-order valence-corrected chi connectivity index (χ4v) is 3.53. The van der Waals surface area contributed by atoms with Gasteiger partial charge in [-0.3, -0.25) is 0 Å². The molecule has 0 unspecified atom stereocenters. The minimum Gasteiger partial charge on any atom is -0.464 e. The lowest BCUT2D eigenvalue weighted by atomic mass is 10.0. The zero-order chi connectivity index (χ0) is 21.7. The van der Waals surface area contributed by atoms with Crippen molar-refractivity contribution in [3.05, 3.63) is 71.9 Å². The normalized spacial score (nSPS) is 15.1. The topological polar surface area (TPSA) is 41.6 Å². The zero-order valence-corrected chi connectivity index (χ0v) is 16.8. The van der Waals surface area contributed by atoms with E-state index in [2.05, 4.69) is 11.9 Å². The molecule has 0 atom stereocenters. The second-order valence-corrected chi connectivity index (χ2v) is 7.35. The summed E-state index contributed by atoms with van der Waals surface area (Å²) in [5, 5.41) is 3.53. The highest BCUT2D eigenvalue weighted by Crippen LogP contribution is 2.31. The number of methoxy groups -OCH3 is 1. The van der Waals surface area contributed by atoms with E-state index in [4.69, 9.17) is 4.74 Å². The van der Waals surface area contributed by atoms with E-state index in [9.17, 15) is 18.0 Å². The maximum atomic E-state index is 12.7. The summed E-state index contributed by atoms with van der Waals surface area (Å²) in [6.07, 6.45) is -2.52. The minimum atomic E-state index is -4.32. The second-order valence-electron chi connectivity index (χ2n) is 7.35. The number of carbonyl (C=O) groups is 1. The van der Waals surface area contributed by atoms with Crippen molar-refractivity contribution in [2.45, 2.75) is 31.6 Å². The number of piperidine rings is 1. The molecule has 0 amide bonds. The van der Waals surface area contributed by atoms with Crippen LogP contribution in [0.5, 0.6) is 0 Å². The summed E-state index contributed by atoms with van der Waals surface area (Å²) in [5.41, 5.74) is 2.48. The Morgan fingerprint density at radius 1 is 1.07 bits per heavy atom. The average molecular weight is 418 g/mol. The Kier molecular flexibility index (Phi) is 6.82. The van der Waals surface area contributed by atoms with Gasteiger partial charge in [0.2, 0.25) is 0 Å². The van der Waals surface area contributed by atoms with Gasteiger partial charge in [-0.25, -0.2) is 4.79 Å². The molecule has 0 aromatic heterocycles. The third kappa shape index (κ3) is 5.42. The summed E-state index contributed by atoms with van der Waals surface area (Å²) in [6, 6.07) is 13.3. The first-order valence-electron chi connectivity index (χ1n) is 9.80. The van der Waals surface area contributed by atoms with Crippen molar-refractivity contribution in [2.75, 3.05) is 20.2 Å². The van der Waals surface area contributed by atoms with Gasteiger partial charge in [-0.05, 0) is 41.7 Å². The first-order valence-corrected chi connectivity index (χ1v) is 9.80. The molecular formula is C23H25F3N2O2. The lowest BCUT2D eigenvalue weighted by molar-refractivity contribution is -0.138. The molecule has 0 bridgehead atoms. The Morgan fingerprint density at radius 2 is 1.60 bits per heavy atom. The van der Waals surface area contributed by atoms with Crippen LogP contribution in [-0.4, -0.2) is 37.1 Å². The van der Waals surface area contributed by atoms with E-state index in [0.717, 1.165) is 54.8 Å². The minimum absolute atomic E-state index is 0.348. The van der Waals surface area contributed by atoms with Gasteiger partial charge < -0.3 is 15.0 Å². The molecule has 4 nitrogen and oxygen atoms in total. The Labute approximate surface area is 174 Å². The number of likely N-dealkylation sites (tertiary alicyclic amines) is 1. The van der Waals surface area contributed by atoms with Crippen molar-refractivity contribution in [3.8, 4) is 11.1 Å². The lowest BCUT2D eigenvalue weighted by Gasteiger charge is -2.34. The van der Waals surface area contributed by atoms with Gasteiger partial charge in [-0.1, -0.05) is 43.0 Å². The number of carbonyl (C=O) groups excluding carboxylic acids is 1. The van der Waals surface area contributed by atoms with E-state index < -0.39 is 17.7 Å². The van der Waals surface area contributed by atoms with E-state index in [1.807, 2.05) is 29.2 Å². The first kappa shape index (κ1) is 21.9. The van der Waals surface area contributed by atoms with Crippen LogP contribution in [-0.2, 0) is 22.3 Å². The quantitative estimate of drug-likeness (QED) is 0.549. The number of alkyl halides is 3. The van der Waals surface area contributed by atoms with E-state index in [-0.39, 0.29) is 0 Å². The van der Waals surface area contributed by atoms with Gasteiger partial charge in [0.1, 0.15) is 5.70 Å². The molecule has 0 aliphatic carbocycles. The van der Waals surface area contributed by atoms with E-state index in [1.54, 1.807) is 0 Å². The Balaban J connectivity index is 1.50. The average Bonchev–Trinajstić information content (AvgIpc) is 2.77. The van der Waals surface area contributed by atoms with Crippen molar-refractivity contribution in [2.24, 2.45) is 0 Å². The molecule has 1 saturated heterocycles. The second kappa shape index (κ2) is 9.34. The standard InChI is InChI=1S/C23H25F3N2O2/c1-16(22(29)30-2)28-13-11-21(12-14-28)27-15-17-3-5-18(6-4-17)19-7-9-20(10-8-19)23(24,25)26/h3-10,21,27H,1,11-15H2,2H3. The summed E-state index contributed by atoms with van der Waals surface area (Å²) in [7, 11) is 1.35. The van der Waals surface area contributed by atoms with Crippen LogP contribution >= 0.6 is 0 Å². The first-order chi connectivity index (χ1) is 14.3. The molecule has 1 N–H and O–H groups in total. The van der Waals surface area contributed by atoms with Crippen molar-refractivity contribution in [1.82, 2.24) is 10.2 Å². The van der Waals surface area contributed by atoms with Crippen molar-refractivity contribution in [3.63, 3.8) is 0 Å². The summed E-state index contributed by atoms with van der Waals surface area (Å²) >= 11 is 0. The molecule has 2 aromatic carbocycles. The highest BCUT2D eigenvalue weighted by Gasteiger charge is 2.30. The number of hydrogen-bond acceptors (Lipinski definition) is 4. The van der Waals surface area contributed by atoms with Gasteiger partial charge >= 0.3 is 12.1 Å². The predicted molar refractivity (Wildman–Crippen MR) is 109 cm³/mol. The summed E-state index contributed by atoms with van der Waals surface area (Å²) in [5.74, 6) is -0.394. The Bertz CT molecular complexity index is 869. The van der Waals surface area contributed by atoms with Gasteiger partial charge in [0.25, 0.3) is 0 Å². The highest BCUT2D eigenvalue weighted by atomic mass is 19.4. The molecule has 1 aliphatic heterocycles. The number of hydrogen-bond donors (Lipinski definition) is 1. The number of nitrogens with zero attached hydrogens (tertiary/aromatic N) is 1. The van der Waals surface area contributed by atoms with Crippen LogP contribution in [0.1, 0.15) is 24.0 Å². The SMILES string of the molecule is C=C(C(=O)OC)N1CCC(NCc2ccc(-c3ccc(C(F)(F)F)cc3)cc2)CC1. The molecule has 7 heteroatoms. The van der Waals surface area contributed by atoms with Crippen LogP contribution in [0, 0.1) is 0 Å². The fourth-order valence-electron chi connectivity index (χ4n) is 3.53. The van der Waals surface area contributed by atoms with Gasteiger partial charge in [-0.15, -0.1) is 0 Å². The molecule has 3 rings (SSSR count). The molecule has 1 fully saturated rings. The summed E-state index contributed by atoms with van der Waals surface area (Å²) in [4.78, 5) is 13.5. The molecule has 30 heavy (non-hydrogen) atoms. The van der Waals surface area contributed by atoms with E-state index >= 15 is 0 Å².